The van der Waals surface area contributed by atoms with Gasteiger partial charge < -0.3 is 15.6 Å². The van der Waals surface area contributed by atoms with Gasteiger partial charge >= 0.3 is 18.1 Å². The number of carboxylic acids is 1. The Labute approximate surface area is 102 Å². The fourth-order valence-electron chi connectivity index (χ4n) is 0.964. The van der Waals surface area contributed by atoms with E-state index in [1.54, 1.807) is 0 Å². The lowest BCUT2D eigenvalue weighted by Gasteiger charge is -2.19. The van der Waals surface area contributed by atoms with Crippen molar-refractivity contribution in [1.82, 2.24) is 4.98 Å². The summed E-state index contributed by atoms with van der Waals surface area (Å²) in [6.45, 7) is -1.98. The summed E-state index contributed by atoms with van der Waals surface area (Å²) in [7, 11) is 0. The minimum absolute atomic E-state index is 0.421. The highest BCUT2D eigenvalue weighted by Gasteiger charge is 2.58. The van der Waals surface area contributed by atoms with E-state index in [1.807, 2.05) is 0 Å². The molecule has 0 atom stereocenters. The number of ether oxygens (including phenoxy) is 1. The van der Waals surface area contributed by atoms with E-state index in [0.717, 1.165) is 12.1 Å². The third kappa shape index (κ3) is 3.42. The molecule has 10 heteroatoms. The molecule has 0 fully saturated rings. The number of pyridine rings is 1. The Morgan fingerprint density at radius 2 is 1.89 bits per heavy atom. The van der Waals surface area contributed by atoms with Crippen LogP contribution in [-0.2, 0) is 0 Å². The van der Waals surface area contributed by atoms with Crippen LogP contribution in [0, 0.1) is 0 Å². The lowest BCUT2D eigenvalue weighted by atomic mass is 10.2. The Kier molecular flexibility index (Phi) is 3.82. The molecular weight excluding hydrogens is 279 g/mol. The number of nitrogens with two attached hydrogens (primary N) is 1. The van der Waals surface area contributed by atoms with Crippen molar-refractivity contribution in [2.45, 2.75) is 12.1 Å². The first-order chi connectivity index (χ1) is 8.54. The van der Waals surface area contributed by atoms with Crippen molar-refractivity contribution in [3.63, 3.8) is 0 Å². The van der Waals surface area contributed by atoms with Crippen LogP contribution < -0.4 is 10.5 Å². The third-order valence-electron chi connectivity index (χ3n) is 1.95. The first-order valence-corrected chi connectivity index (χ1v) is 4.62. The molecule has 0 saturated heterocycles. The van der Waals surface area contributed by atoms with Crippen LogP contribution in [0.15, 0.2) is 12.1 Å². The van der Waals surface area contributed by atoms with Gasteiger partial charge in [-0.25, -0.2) is 4.79 Å². The zero-order valence-electron chi connectivity index (χ0n) is 9.04. The number of hydrogen-bond acceptors (Lipinski definition) is 4. The number of carboxylic acid groups (broad SMARTS) is 1. The highest BCUT2D eigenvalue weighted by molar-refractivity contribution is 5.92. The van der Waals surface area contributed by atoms with Crippen LogP contribution in [0.1, 0.15) is 10.4 Å². The van der Waals surface area contributed by atoms with Crippen LogP contribution in [0.25, 0.3) is 0 Å². The Morgan fingerprint density at radius 3 is 2.32 bits per heavy atom. The van der Waals surface area contributed by atoms with Gasteiger partial charge in [-0.3, -0.25) is 0 Å². The van der Waals surface area contributed by atoms with Crippen molar-refractivity contribution in [3.05, 3.63) is 17.7 Å². The van der Waals surface area contributed by atoms with Crippen LogP contribution in [0.5, 0.6) is 5.88 Å². The number of nitrogen functional groups attached to an aromatic ring is 1. The van der Waals surface area contributed by atoms with Crippen molar-refractivity contribution in [1.29, 1.82) is 0 Å². The molecule has 0 aliphatic rings. The average Bonchev–Trinajstić information content (AvgIpc) is 2.24. The summed E-state index contributed by atoms with van der Waals surface area (Å²) in [5, 5.41) is 8.59. The number of alkyl halides is 5. The van der Waals surface area contributed by atoms with Gasteiger partial charge in [0.2, 0.25) is 5.88 Å². The van der Waals surface area contributed by atoms with Crippen molar-refractivity contribution < 1.29 is 36.6 Å². The summed E-state index contributed by atoms with van der Waals surface area (Å²) in [4.78, 5) is 13.8. The van der Waals surface area contributed by atoms with E-state index in [9.17, 15) is 26.7 Å². The second kappa shape index (κ2) is 4.86. The zero-order chi connectivity index (χ0) is 14.8. The molecule has 0 aliphatic heterocycles. The smallest absolute Gasteiger partial charge is 0.456 e. The van der Waals surface area contributed by atoms with Gasteiger partial charge in [-0.1, -0.05) is 0 Å². The van der Waals surface area contributed by atoms with Gasteiger partial charge in [0.1, 0.15) is 11.4 Å². The van der Waals surface area contributed by atoms with Gasteiger partial charge in [-0.15, -0.1) is 0 Å². The molecule has 3 N–H and O–H groups in total. The maximum Gasteiger partial charge on any atom is 0.456 e. The molecular formula is C9H7F5N2O3. The van der Waals surface area contributed by atoms with Gasteiger partial charge in [-0.05, 0) is 6.07 Å². The molecule has 5 nitrogen and oxygen atoms in total. The Hall–Kier alpha value is -2.13. The van der Waals surface area contributed by atoms with E-state index >= 15 is 0 Å². The highest BCUT2D eigenvalue weighted by atomic mass is 19.4. The number of anilines is 1. The molecule has 0 saturated carbocycles. The monoisotopic (exact) mass is 286 g/mol. The molecule has 0 aliphatic carbocycles. The van der Waals surface area contributed by atoms with E-state index in [4.69, 9.17) is 10.8 Å². The molecule has 0 spiro atoms. The topological polar surface area (TPSA) is 85.4 Å². The fourth-order valence-corrected chi connectivity index (χ4v) is 0.964. The maximum atomic E-state index is 12.5. The molecule has 0 aromatic carbocycles. The molecule has 0 unspecified atom stereocenters. The summed E-state index contributed by atoms with van der Waals surface area (Å²) >= 11 is 0. The SMILES string of the molecule is Nc1nc(OCC(F)(F)C(F)(F)F)ccc1C(=O)O. The van der Waals surface area contributed by atoms with E-state index in [2.05, 4.69) is 9.72 Å². The molecule has 0 radical (unpaired) electrons. The van der Waals surface area contributed by atoms with Gasteiger partial charge in [0.15, 0.2) is 6.61 Å². The number of carbonyl (C=O) groups is 1. The number of aromatic carboxylic acids is 1. The molecule has 1 rings (SSSR count). The van der Waals surface area contributed by atoms with Gasteiger partial charge in [-0.2, -0.15) is 26.9 Å². The number of halogens is 5. The normalized spacial score (nSPS) is 12.3. The third-order valence-corrected chi connectivity index (χ3v) is 1.95. The fraction of sp³-hybridized carbons (Fsp3) is 0.333. The maximum absolute atomic E-state index is 12.5. The van der Waals surface area contributed by atoms with Gasteiger partial charge in [0.05, 0.1) is 0 Å². The van der Waals surface area contributed by atoms with Gasteiger partial charge in [0, 0.05) is 6.07 Å². The second-order valence-electron chi connectivity index (χ2n) is 3.38. The van der Waals surface area contributed by atoms with E-state index in [-0.39, 0.29) is 0 Å². The Morgan fingerprint density at radius 1 is 1.32 bits per heavy atom. The minimum Gasteiger partial charge on any atom is -0.478 e. The first-order valence-electron chi connectivity index (χ1n) is 4.62. The number of rotatable bonds is 4. The summed E-state index contributed by atoms with van der Waals surface area (Å²) in [5.74, 6) is -7.65. The Bertz CT molecular complexity index is 489. The number of aromatic nitrogens is 1. The Balaban J connectivity index is 2.80. The molecule has 1 aromatic heterocycles. The van der Waals surface area contributed by atoms with Crippen molar-refractivity contribution in [2.75, 3.05) is 12.3 Å². The summed E-state index contributed by atoms with van der Waals surface area (Å²) in [6, 6.07) is 1.71. The average molecular weight is 286 g/mol. The standard InChI is InChI=1S/C9H7F5N2O3/c10-8(11,9(12,13)14)3-19-5-2-1-4(7(17)18)6(15)16-5/h1-2H,3H2,(H2,15,16)(H,17,18). The molecule has 1 aromatic rings. The summed E-state index contributed by atoms with van der Waals surface area (Å²) in [5.41, 5.74) is 4.74. The molecule has 0 bridgehead atoms. The quantitative estimate of drug-likeness (QED) is 0.826. The minimum atomic E-state index is -5.75. The van der Waals surface area contributed by atoms with E-state index < -0.39 is 41.9 Å². The van der Waals surface area contributed by atoms with Crippen LogP contribution in [0.4, 0.5) is 27.8 Å². The van der Waals surface area contributed by atoms with Crippen LogP contribution in [-0.4, -0.2) is 34.8 Å². The number of hydrogen-bond donors (Lipinski definition) is 2. The molecule has 106 valence electrons. The van der Waals surface area contributed by atoms with Gasteiger partial charge in [0.25, 0.3) is 0 Å². The highest BCUT2D eigenvalue weighted by Crippen LogP contribution is 2.35. The first kappa shape index (κ1) is 14.9. The lowest BCUT2D eigenvalue weighted by Crippen LogP contribution is -2.41. The van der Waals surface area contributed by atoms with Crippen LogP contribution in [0.3, 0.4) is 0 Å². The van der Waals surface area contributed by atoms with Crippen molar-refractivity contribution >= 4 is 11.8 Å². The lowest BCUT2D eigenvalue weighted by molar-refractivity contribution is -0.290. The largest absolute Gasteiger partial charge is 0.478 e. The predicted octanol–water partition coefficient (Wildman–Crippen LogP) is 1.94. The predicted molar refractivity (Wildman–Crippen MR) is 52.1 cm³/mol. The molecule has 1 heterocycles. The summed E-state index contributed by atoms with van der Waals surface area (Å²) in [6.07, 6.45) is -5.75. The molecule has 0 amide bonds. The van der Waals surface area contributed by atoms with E-state index in [0.29, 0.717) is 0 Å². The second-order valence-corrected chi connectivity index (χ2v) is 3.38. The molecule has 19 heavy (non-hydrogen) atoms. The van der Waals surface area contributed by atoms with Crippen molar-refractivity contribution in [2.24, 2.45) is 0 Å². The van der Waals surface area contributed by atoms with Crippen LogP contribution in [0.2, 0.25) is 0 Å². The van der Waals surface area contributed by atoms with E-state index in [1.165, 1.54) is 0 Å². The zero-order valence-corrected chi connectivity index (χ0v) is 9.04. The van der Waals surface area contributed by atoms with Crippen molar-refractivity contribution in [3.8, 4) is 5.88 Å². The number of nitrogens with zero attached hydrogens (tertiary/aromatic N) is 1. The summed E-state index contributed by atoms with van der Waals surface area (Å²) < 4.78 is 64.7. The van der Waals surface area contributed by atoms with Crippen LogP contribution >= 0.6 is 0 Å².